The van der Waals surface area contributed by atoms with E-state index in [1.165, 1.54) is 12.3 Å². The van der Waals surface area contributed by atoms with Crippen molar-refractivity contribution in [3.05, 3.63) is 47.0 Å². The van der Waals surface area contributed by atoms with Crippen LogP contribution in [0.4, 0.5) is 10.1 Å². The van der Waals surface area contributed by atoms with E-state index in [1.54, 1.807) is 30.1 Å². The number of methoxy groups -OCH3 is 1. The zero-order valence-electron chi connectivity index (χ0n) is 15.1. The number of halogens is 2. The quantitative estimate of drug-likeness (QED) is 0.750. The van der Waals surface area contributed by atoms with Gasteiger partial charge in [-0.2, -0.15) is 5.10 Å². The number of nitrogens with zero attached hydrogens (tertiary/aromatic N) is 3. The lowest BCUT2D eigenvalue weighted by molar-refractivity contribution is 0.112. The topological polar surface area (TPSA) is 76.5 Å². The molecule has 0 amide bonds. The molecule has 0 radical (unpaired) electrons. The first-order valence-corrected chi connectivity index (χ1v) is 10.7. The summed E-state index contributed by atoms with van der Waals surface area (Å²) in [7, 11) is -1.69. The van der Waals surface area contributed by atoms with Crippen molar-refractivity contribution in [2.24, 2.45) is 0 Å². The van der Waals surface area contributed by atoms with E-state index in [-0.39, 0.29) is 17.1 Å². The lowest BCUT2D eigenvalue weighted by Gasteiger charge is -2.23. The van der Waals surface area contributed by atoms with Gasteiger partial charge in [0.15, 0.2) is 0 Å². The lowest BCUT2D eigenvalue weighted by Crippen LogP contribution is -2.32. The average Bonchev–Trinajstić information content (AvgIpc) is 3.17. The molecule has 1 N–H and O–H groups in total. The molecular formula is C17H22ClFN4O3S. The van der Waals surface area contributed by atoms with Gasteiger partial charge >= 0.3 is 0 Å². The summed E-state index contributed by atoms with van der Waals surface area (Å²) in [6.07, 6.45) is 5.09. The highest BCUT2D eigenvalue weighted by Crippen LogP contribution is 2.30. The van der Waals surface area contributed by atoms with Crippen molar-refractivity contribution in [1.29, 1.82) is 0 Å². The van der Waals surface area contributed by atoms with E-state index in [0.717, 1.165) is 18.2 Å². The van der Waals surface area contributed by atoms with Gasteiger partial charge in [0.2, 0.25) is 10.0 Å². The van der Waals surface area contributed by atoms with E-state index in [0.29, 0.717) is 25.4 Å². The van der Waals surface area contributed by atoms with Gasteiger partial charge in [-0.3, -0.25) is 14.3 Å². The highest BCUT2D eigenvalue weighted by molar-refractivity contribution is 7.92. The Balaban J connectivity index is 1.73. The molecule has 1 fully saturated rings. The Morgan fingerprint density at radius 2 is 2.22 bits per heavy atom. The van der Waals surface area contributed by atoms with Crippen molar-refractivity contribution >= 4 is 27.3 Å². The maximum absolute atomic E-state index is 13.4. The van der Waals surface area contributed by atoms with Gasteiger partial charge in [0.1, 0.15) is 5.82 Å². The first kappa shape index (κ1) is 20.1. The van der Waals surface area contributed by atoms with E-state index >= 15 is 0 Å². The van der Waals surface area contributed by atoms with Crippen LogP contribution in [0.2, 0.25) is 5.02 Å². The zero-order valence-corrected chi connectivity index (χ0v) is 16.7. The lowest BCUT2D eigenvalue weighted by atomic mass is 10.1. The maximum Gasteiger partial charge on any atom is 0.229 e. The van der Waals surface area contributed by atoms with E-state index < -0.39 is 15.8 Å². The molecule has 0 aliphatic carbocycles. The number of hydrogen-bond acceptors (Lipinski definition) is 5. The monoisotopic (exact) mass is 416 g/mol. The molecule has 0 bridgehead atoms. The molecule has 0 spiro atoms. The van der Waals surface area contributed by atoms with E-state index in [9.17, 15) is 12.8 Å². The van der Waals surface area contributed by atoms with Crippen LogP contribution in [0.3, 0.4) is 0 Å². The van der Waals surface area contributed by atoms with Crippen molar-refractivity contribution in [1.82, 2.24) is 14.7 Å². The zero-order chi connectivity index (χ0) is 19.6. The minimum Gasteiger partial charge on any atom is -0.383 e. The molecule has 27 heavy (non-hydrogen) atoms. The number of ether oxygens (including phenoxy) is 1. The molecular weight excluding hydrogens is 395 g/mol. The number of sulfonamides is 1. The highest BCUT2D eigenvalue weighted by Gasteiger charge is 2.33. The van der Waals surface area contributed by atoms with Crippen LogP contribution >= 0.6 is 11.6 Å². The third-order valence-electron chi connectivity index (χ3n) is 4.51. The summed E-state index contributed by atoms with van der Waals surface area (Å²) in [5.41, 5.74) is 1.35. The van der Waals surface area contributed by atoms with Crippen molar-refractivity contribution in [3.63, 3.8) is 0 Å². The largest absolute Gasteiger partial charge is 0.383 e. The third kappa shape index (κ3) is 5.19. The summed E-state index contributed by atoms with van der Waals surface area (Å²) >= 11 is 5.89. The van der Waals surface area contributed by atoms with Gasteiger partial charge in [-0.05, 0) is 24.1 Å². The second-order valence-corrected chi connectivity index (χ2v) is 8.92. The van der Waals surface area contributed by atoms with Gasteiger partial charge in [0, 0.05) is 32.4 Å². The third-order valence-corrected chi connectivity index (χ3v) is 5.41. The Labute approximate surface area is 163 Å². The molecule has 0 unspecified atom stereocenters. The van der Waals surface area contributed by atoms with Gasteiger partial charge in [-0.15, -0.1) is 0 Å². The fourth-order valence-corrected chi connectivity index (χ4v) is 4.12. The summed E-state index contributed by atoms with van der Waals surface area (Å²) in [6, 6.07) is 4.97. The van der Waals surface area contributed by atoms with Gasteiger partial charge in [-0.25, -0.2) is 12.8 Å². The minimum absolute atomic E-state index is 0.0798. The first-order chi connectivity index (χ1) is 12.7. The second kappa shape index (κ2) is 8.14. The van der Waals surface area contributed by atoms with Gasteiger partial charge in [0.05, 0.1) is 35.8 Å². The summed E-state index contributed by atoms with van der Waals surface area (Å²) in [6.45, 7) is 1.88. The number of aromatic nitrogens is 2. The molecule has 3 rings (SSSR count). The fourth-order valence-electron chi connectivity index (χ4n) is 3.39. The summed E-state index contributed by atoms with van der Waals surface area (Å²) in [4.78, 5) is 2.24. The van der Waals surface area contributed by atoms with Crippen molar-refractivity contribution in [3.8, 4) is 0 Å². The molecule has 1 aliphatic heterocycles. The summed E-state index contributed by atoms with van der Waals surface area (Å²) < 4.78 is 45.7. The smallest absolute Gasteiger partial charge is 0.229 e. The predicted octanol–water partition coefficient (Wildman–Crippen LogP) is 2.51. The van der Waals surface area contributed by atoms with Crippen LogP contribution in [-0.2, 0) is 21.3 Å². The van der Waals surface area contributed by atoms with Crippen molar-refractivity contribution < 1.29 is 17.5 Å². The molecule has 2 atom stereocenters. The molecule has 1 saturated heterocycles. The standard InChI is InChI=1S/C17H22ClFN4O3S/c1-26-11-15-6-14(23-9-13(7-20-23)21-27(2,24)25)10-22(15)8-12-3-4-17(19)16(18)5-12/h3-5,7,9,14-15,21H,6,8,10-11H2,1-2H3/t14-,15-/m0/s1. The highest BCUT2D eigenvalue weighted by atomic mass is 35.5. The van der Waals surface area contributed by atoms with Gasteiger partial charge < -0.3 is 4.74 Å². The SMILES string of the molecule is COC[C@@H]1C[C@H](n2cc(NS(C)(=O)=O)cn2)CN1Cc1ccc(F)c(Cl)c1. The molecule has 1 aliphatic rings. The van der Waals surface area contributed by atoms with Crippen LogP contribution in [0.25, 0.3) is 0 Å². The molecule has 1 aromatic heterocycles. The number of benzene rings is 1. The maximum atomic E-state index is 13.4. The van der Waals surface area contributed by atoms with Crippen molar-refractivity contribution in [2.75, 3.05) is 31.2 Å². The molecule has 1 aromatic carbocycles. The van der Waals surface area contributed by atoms with Crippen LogP contribution in [0.5, 0.6) is 0 Å². The number of hydrogen-bond donors (Lipinski definition) is 1. The van der Waals surface area contributed by atoms with Crippen LogP contribution in [0.15, 0.2) is 30.6 Å². The summed E-state index contributed by atoms with van der Waals surface area (Å²) in [5.74, 6) is -0.435. The number of rotatable bonds is 7. The van der Waals surface area contributed by atoms with Gasteiger partial charge in [0.25, 0.3) is 0 Å². The normalized spacial score (nSPS) is 20.9. The Kier molecular flexibility index (Phi) is 6.05. The fraction of sp³-hybridized carbons (Fsp3) is 0.471. The summed E-state index contributed by atoms with van der Waals surface area (Å²) in [5, 5.41) is 4.40. The Hall–Kier alpha value is -1.68. The number of nitrogens with one attached hydrogen (secondary N) is 1. The minimum atomic E-state index is -3.34. The van der Waals surface area contributed by atoms with E-state index in [1.807, 2.05) is 0 Å². The van der Waals surface area contributed by atoms with Crippen LogP contribution in [-0.4, -0.2) is 55.7 Å². The molecule has 0 saturated carbocycles. The molecule has 2 aromatic rings. The number of likely N-dealkylation sites (tertiary alicyclic amines) is 1. The average molecular weight is 417 g/mol. The van der Waals surface area contributed by atoms with Crippen LogP contribution in [0, 0.1) is 5.82 Å². The van der Waals surface area contributed by atoms with Crippen molar-refractivity contribution in [2.45, 2.75) is 25.0 Å². The first-order valence-electron chi connectivity index (χ1n) is 8.44. The second-order valence-electron chi connectivity index (χ2n) is 6.76. The predicted molar refractivity (Wildman–Crippen MR) is 102 cm³/mol. The molecule has 10 heteroatoms. The number of anilines is 1. The molecule has 2 heterocycles. The van der Waals surface area contributed by atoms with Crippen LogP contribution < -0.4 is 4.72 Å². The van der Waals surface area contributed by atoms with E-state index in [4.69, 9.17) is 16.3 Å². The van der Waals surface area contributed by atoms with Gasteiger partial charge in [-0.1, -0.05) is 17.7 Å². The Morgan fingerprint density at radius 3 is 2.89 bits per heavy atom. The van der Waals surface area contributed by atoms with E-state index in [2.05, 4.69) is 14.7 Å². The Morgan fingerprint density at radius 1 is 1.44 bits per heavy atom. The Bertz CT molecular complexity index is 905. The molecule has 7 nitrogen and oxygen atoms in total. The van der Waals surface area contributed by atoms with Crippen LogP contribution in [0.1, 0.15) is 18.0 Å². The molecule has 148 valence electrons.